The highest BCUT2D eigenvalue weighted by atomic mass is 16.5. The molecule has 3 nitrogen and oxygen atoms in total. The second-order valence-corrected chi connectivity index (χ2v) is 5.26. The van der Waals surface area contributed by atoms with Crippen molar-refractivity contribution in [3.05, 3.63) is 29.3 Å². The number of benzene rings is 1. The van der Waals surface area contributed by atoms with Crippen LogP contribution in [-0.4, -0.2) is 18.3 Å². The second-order valence-electron chi connectivity index (χ2n) is 5.26. The van der Waals surface area contributed by atoms with Gasteiger partial charge in [0.25, 0.3) is 0 Å². The molecule has 0 bridgehead atoms. The van der Waals surface area contributed by atoms with Crippen LogP contribution in [0.5, 0.6) is 5.75 Å². The monoisotopic (exact) mass is 249 g/mol. The number of ether oxygens (including phenoxy) is 2. The lowest BCUT2D eigenvalue weighted by Gasteiger charge is -2.32. The van der Waals surface area contributed by atoms with E-state index in [2.05, 4.69) is 32.9 Å². The molecule has 0 aliphatic carbocycles. The van der Waals surface area contributed by atoms with Crippen LogP contribution in [0.25, 0.3) is 0 Å². The van der Waals surface area contributed by atoms with Gasteiger partial charge >= 0.3 is 0 Å². The van der Waals surface area contributed by atoms with Crippen molar-refractivity contribution in [2.24, 2.45) is 5.73 Å². The normalized spacial score (nSPS) is 28.1. The Labute approximate surface area is 109 Å². The lowest BCUT2D eigenvalue weighted by Crippen LogP contribution is -2.35. The molecule has 100 valence electrons. The zero-order valence-electron chi connectivity index (χ0n) is 11.5. The molecule has 2 atom stereocenters. The van der Waals surface area contributed by atoms with Crippen molar-refractivity contribution in [1.82, 2.24) is 0 Å². The summed E-state index contributed by atoms with van der Waals surface area (Å²) in [5.41, 5.74) is 8.04. The van der Waals surface area contributed by atoms with Crippen LogP contribution in [-0.2, 0) is 11.3 Å². The van der Waals surface area contributed by atoms with Crippen LogP contribution in [0.3, 0.4) is 0 Å². The van der Waals surface area contributed by atoms with Crippen molar-refractivity contribution in [1.29, 1.82) is 0 Å². The van der Waals surface area contributed by atoms with Crippen LogP contribution in [0.1, 0.15) is 37.8 Å². The molecule has 1 saturated heterocycles. The van der Waals surface area contributed by atoms with Gasteiger partial charge in [-0.2, -0.15) is 0 Å². The smallest absolute Gasteiger partial charge is 0.120 e. The van der Waals surface area contributed by atoms with Crippen molar-refractivity contribution < 1.29 is 9.47 Å². The summed E-state index contributed by atoms with van der Waals surface area (Å²) >= 11 is 0. The highest BCUT2D eigenvalue weighted by Gasteiger charge is 2.25. The molecule has 1 aromatic carbocycles. The number of hydrogen-bond acceptors (Lipinski definition) is 3. The predicted octanol–water partition coefficient (Wildman–Crippen LogP) is 2.79. The van der Waals surface area contributed by atoms with Gasteiger partial charge in [0.15, 0.2) is 0 Å². The van der Waals surface area contributed by atoms with Crippen LogP contribution in [0.2, 0.25) is 0 Å². The average molecular weight is 249 g/mol. The molecule has 1 heterocycles. The van der Waals surface area contributed by atoms with Gasteiger partial charge in [-0.1, -0.05) is 6.07 Å². The Kier molecular flexibility index (Phi) is 4.25. The van der Waals surface area contributed by atoms with Crippen LogP contribution in [0.15, 0.2) is 18.2 Å². The summed E-state index contributed by atoms with van der Waals surface area (Å²) in [6.45, 7) is 6.87. The van der Waals surface area contributed by atoms with Crippen LogP contribution in [0.4, 0.5) is 0 Å². The fourth-order valence-electron chi connectivity index (χ4n) is 2.60. The molecule has 0 aromatic heterocycles. The van der Waals surface area contributed by atoms with Gasteiger partial charge < -0.3 is 15.2 Å². The van der Waals surface area contributed by atoms with Gasteiger partial charge in [0.2, 0.25) is 0 Å². The maximum absolute atomic E-state index is 6.06. The molecule has 1 aliphatic rings. The largest absolute Gasteiger partial charge is 0.490 e. The minimum absolute atomic E-state index is 0.256. The molecule has 2 unspecified atom stereocenters. The zero-order chi connectivity index (χ0) is 13.1. The van der Waals surface area contributed by atoms with Gasteiger partial charge in [-0.15, -0.1) is 0 Å². The van der Waals surface area contributed by atoms with Crippen LogP contribution >= 0.6 is 0 Å². The fourth-order valence-corrected chi connectivity index (χ4v) is 2.60. The van der Waals surface area contributed by atoms with E-state index in [0.717, 1.165) is 18.6 Å². The van der Waals surface area contributed by atoms with Crippen molar-refractivity contribution >= 4 is 0 Å². The van der Waals surface area contributed by atoms with Gasteiger partial charge in [0.05, 0.1) is 12.2 Å². The Morgan fingerprint density at radius 1 is 1.28 bits per heavy atom. The summed E-state index contributed by atoms with van der Waals surface area (Å²) in [6.07, 6.45) is 2.74. The first-order valence-electron chi connectivity index (χ1n) is 6.70. The average Bonchev–Trinajstić information content (AvgIpc) is 2.27. The summed E-state index contributed by atoms with van der Waals surface area (Å²) in [7, 11) is 0. The molecule has 0 spiro atoms. The van der Waals surface area contributed by atoms with E-state index in [-0.39, 0.29) is 18.3 Å². The number of rotatable bonds is 3. The van der Waals surface area contributed by atoms with E-state index in [9.17, 15) is 0 Å². The Bertz CT molecular complexity index is 395. The molecule has 1 aromatic rings. The van der Waals surface area contributed by atoms with Crippen LogP contribution in [0, 0.1) is 6.92 Å². The lowest BCUT2D eigenvalue weighted by molar-refractivity contribution is -0.0721. The summed E-state index contributed by atoms with van der Waals surface area (Å²) in [5, 5.41) is 0. The minimum atomic E-state index is 0.256. The van der Waals surface area contributed by atoms with E-state index in [1.165, 1.54) is 11.1 Å². The molecule has 1 aliphatic heterocycles. The Morgan fingerprint density at radius 3 is 2.50 bits per heavy atom. The summed E-state index contributed by atoms with van der Waals surface area (Å²) in [4.78, 5) is 0. The highest BCUT2D eigenvalue weighted by molar-refractivity contribution is 5.34. The first kappa shape index (κ1) is 13.4. The van der Waals surface area contributed by atoms with Crippen molar-refractivity contribution in [3.63, 3.8) is 0 Å². The molecule has 1 fully saturated rings. The van der Waals surface area contributed by atoms with Gasteiger partial charge in [0.1, 0.15) is 11.9 Å². The molecular weight excluding hydrogens is 226 g/mol. The third kappa shape index (κ3) is 3.24. The SMILES string of the molecule is Cc1cc(OC2CC(C)OC(C)C2)ccc1CN. The third-order valence-electron chi connectivity index (χ3n) is 3.49. The summed E-state index contributed by atoms with van der Waals surface area (Å²) in [6, 6.07) is 6.14. The molecule has 0 amide bonds. The lowest BCUT2D eigenvalue weighted by atomic mass is 10.0. The standard InChI is InChI=1S/C15H23NO2/c1-10-6-14(5-4-13(10)9-16)18-15-7-11(2)17-12(3)8-15/h4-6,11-12,15H,7-9,16H2,1-3H3. The van der Waals surface area contributed by atoms with Crippen LogP contribution < -0.4 is 10.5 Å². The number of hydrogen-bond donors (Lipinski definition) is 1. The Morgan fingerprint density at radius 2 is 1.94 bits per heavy atom. The fraction of sp³-hybridized carbons (Fsp3) is 0.600. The summed E-state index contributed by atoms with van der Waals surface area (Å²) in [5.74, 6) is 0.941. The quantitative estimate of drug-likeness (QED) is 0.896. The topological polar surface area (TPSA) is 44.5 Å². The summed E-state index contributed by atoms with van der Waals surface area (Å²) < 4.78 is 11.8. The van der Waals surface area contributed by atoms with E-state index >= 15 is 0 Å². The van der Waals surface area contributed by atoms with Gasteiger partial charge in [-0.3, -0.25) is 0 Å². The van der Waals surface area contributed by atoms with E-state index in [1.54, 1.807) is 0 Å². The molecule has 2 N–H and O–H groups in total. The van der Waals surface area contributed by atoms with Crippen molar-refractivity contribution in [2.75, 3.05) is 0 Å². The molecule has 0 radical (unpaired) electrons. The zero-order valence-corrected chi connectivity index (χ0v) is 11.5. The molecule has 3 heteroatoms. The first-order chi connectivity index (χ1) is 8.58. The maximum atomic E-state index is 6.06. The number of aryl methyl sites for hydroxylation is 1. The van der Waals surface area contributed by atoms with Crippen molar-refractivity contribution in [2.45, 2.75) is 58.5 Å². The molecule has 0 saturated carbocycles. The maximum Gasteiger partial charge on any atom is 0.120 e. The van der Waals surface area contributed by atoms with Crippen molar-refractivity contribution in [3.8, 4) is 5.75 Å². The van der Waals surface area contributed by atoms with Gasteiger partial charge in [0, 0.05) is 19.4 Å². The van der Waals surface area contributed by atoms with Gasteiger partial charge in [-0.25, -0.2) is 0 Å². The second kappa shape index (κ2) is 5.72. The van der Waals surface area contributed by atoms with E-state index in [4.69, 9.17) is 15.2 Å². The highest BCUT2D eigenvalue weighted by Crippen LogP contribution is 2.25. The molecule has 18 heavy (non-hydrogen) atoms. The number of nitrogens with two attached hydrogens (primary N) is 1. The Balaban J connectivity index is 2.02. The Hall–Kier alpha value is -1.06. The predicted molar refractivity (Wildman–Crippen MR) is 72.7 cm³/mol. The molecular formula is C15H23NO2. The molecule has 2 rings (SSSR count). The van der Waals surface area contributed by atoms with Gasteiger partial charge in [-0.05, 0) is 44.0 Å². The van der Waals surface area contributed by atoms with E-state index in [0.29, 0.717) is 6.54 Å². The van der Waals surface area contributed by atoms with E-state index in [1.807, 2.05) is 6.07 Å². The third-order valence-corrected chi connectivity index (χ3v) is 3.49. The first-order valence-corrected chi connectivity index (χ1v) is 6.70. The minimum Gasteiger partial charge on any atom is -0.490 e. The van der Waals surface area contributed by atoms with E-state index < -0.39 is 0 Å².